The minimum Gasteiger partial charge on any atom is -0.493 e. The van der Waals surface area contributed by atoms with Crippen LogP contribution in [0.4, 0.5) is 0 Å². The first kappa shape index (κ1) is 17.5. The van der Waals surface area contributed by atoms with Crippen molar-refractivity contribution in [1.29, 1.82) is 5.26 Å². The third-order valence-electron chi connectivity index (χ3n) is 3.43. The molecule has 1 aromatic carbocycles. The summed E-state index contributed by atoms with van der Waals surface area (Å²) in [4.78, 5) is 0. The number of nitrogens with one attached hydrogen (secondary N) is 1. The lowest BCUT2D eigenvalue weighted by Gasteiger charge is -2.16. The van der Waals surface area contributed by atoms with Crippen molar-refractivity contribution in [3.63, 3.8) is 0 Å². The van der Waals surface area contributed by atoms with Gasteiger partial charge in [0.25, 0.3) is 0 Å². The Morgan fingerprint density at radius 2 is 1.95 bits per heavy atom. The number of hydrogen-bond donors (Lipinski definition) is 1. The number of unbranched alkanes of at least 4 members (excludes halogenated alkanes) is 1. The van der Waals surface area contributed by atoms with E-state index in [-0.39, 0.29) is 5.41 Å². The Morgan fingerprint density at radius 1 is 1.24 bits per heavy atom. The first-order valence-corrected chi connectivity index (χ1v) is 7.80. The molecule has 3 nitrogen and oxygen atoms in total. The molecule has 0 atom stereocenters. The van der Waals surface area contributed by atoms with Gasteiger partial charge in [0.2, 0.25) is 0 Å². The minimum absolute atomic E-state index is 0.223. The van der Waals surface area contributed by atoms with Crippen LogP contribution in [0.15, 0.2) is 24.3 Å². The van der Waals surface area contributed by atoms with Crippen LogP contribution < -0.4 is 10.1 Å². The normalized spacial score (nSPS) is 11.4. The van der Waals surface area contributed by atoms with Crippen molar-refractivity contribution in [3.8, 4) is 11.8 Å². The zero-order chi connectivity index (χ0) is 15.7. The molecule has 0 radical (unpaired) electrons. The van der Waals surface area contributed by atoms with Crippen LogP contribution in [0.5, 0.6) is 5.75 Å². The average molecular weight is 288 g/mol. The largest absolute Gasteiger partial charge is 0.493 e. The summed E-state index contributed by atoms with van der Waals surface area (Å²) in [7, 11) is 0. The Balaban J connectivity index is 2.37. The van der Waals surface area contributed by atoms with Crippen LogP contribution in [0.1, 0.15) is 52.5 Å². The molecule has 0 aliphatic carbocycles. The number of nitrogens with zero attached hydrogens (tertiary/aromatic N) is 1. The van der Waals surface area contributed by atoms with E-state index in [1.54, 1.807) is 0 Å². The van der Waals surface area contributed by atoms with Gasteiger partial charge >= 0.3 is 0 Å². The van der Waals surface area contributed by atoms with Gasteiger partial charge in [-0.3, -0.25) is 0 Å². The van der Waals surface area contributed by atoms with Gasteiger partial charge in [-0.1, -0.05) is 32.0 Å². The Kier molecular flexibility index (Phi) is 7.25. The van der Waals surface area contributed by atoms with Gasteiger partial charge in [0, 0.05) is 18.2 Å². The van der Waals surface area contributed by atoms with Crippen molar-refractivity contribution < 1.29 is 4.74 Å². The van der Waals surface area contributed by atoms with Gasteiger partial charge in [-0.25, -0.2) is 0 Å². The molecule has 0 fully saturated rings. The van der Waals surface area contributed by atoms with E-state index in [9.17, 15) is 0 Å². The maximum absolute atomic E-state index is 8.98. The predicted molar refractivity (Wildman–Crippen MR) is 87.2 cm³/mol. The van der Waals surface area contributed by atoms with Crippen LogP contribution in [0.2, 0.25) is 0 Å². The van der Waals surface area contributed by atoms with Crippen molar-refractivity contribution in [3.05, 3.63) is 29.8 Å². The minimum atomic E-state index is -0.223. The van der Waals surface area contributed by atoms with Crippen molar-refractivity contribution in [2.45, 2.75) is 59.5 Å². The summed E-state index contributed by atoms with van der Waals surface area (Å²) in [5.41, 5.74) is 0.975. The number of rotatable bonds is 9. The summed E-state index contributed by atoms with van der Waals surface area (Å²) in [5.74, 6) is 0.963. The molecule has 0 unspecified atom stereocenters. The van der Waals surface area contributed by atoms with Crippen LogP contribution >= 0.6 is 0 Å². The second-order valence-electron chi connectivity index (χ2n) is 6.44. The van der Waals surface area contributed by atoms with E-state index < -0.39 is 0 Å². The number of benzene rings is 1. The average Bonchev–Trinajstić information content (AvgIpc) is 2.45. The smallest absolute Gasteiger partial charge is 0.123 e. The summed E-state index contributed by atoms with van der Waals surface area (Å²) < 4.78 is 5.89. The fraction of sp³-hybridized carbons (Fsp3) is 0.611. The molecule has 0 heterocycles. The summed E-state index contributed by atoms with van der Waals surface area (Å²) in [6.07, 6.45) is 2.92. The molecule has 0 bridgehead atoms. The third kappa shape index (κ3) is 7.15. The van der Waals surface area contributed by atoms with Gasteiger partial charge in [-0.15, -0.1) is 0 Å². The quantitative estimate of drug-likeness (QED) is 0.690. The Bertz CT molecular complexity index is 461. The van der Waals surface area contributed by atoms with E-state index in [1.807, 2.05) is 32.0 Å². The molecule has 0 saturated carbocycles. The highest BCUT2D eigenvalue weighted by molar-refractivity contribution is 5.33. The van der Waals surface area contributed by atoms with Crippen LogP contribution in [-0.4, -0.2) is 12.6 Å². The lowest BCUT2D eigenvalue weighted by Crippen LogP contribution is -2.22. The maximum atomic E-state index is 8.98. The van der Waals surface area contributed by atoms with Crippen LogP contribution in [0.3, 0.4) is 0 Å². The number of nitriles is 1. The van der Waals surface area contributed by atoms with Crippen molar-refractivity contribution in [2.24, 2.45) is 5.41 Å². The molecule has 0 amide bonds. The van der Waals surface area contributed by atoms with Crippen LogP contribution in [0.25, 0.3) is 0 Å². The first-order chi connectivity index (χ1) is 9.94. The molecule has 0 aliphatic rings. The zero-order valence-electron chi connectivity index (χ0n) is 13.8. The van der Waals surface area contributed by atoms with Gasteiger partial charge in [-0.05, 0) is 39.2 Å². The molecular formula is C18H28N2O. The Morgan fingerprint density at radius 3 is 2.62 bits per heavy atom. The van der Waals surface area contributed by atoms with Gasteiger partial charge in [0.1, 0.15) is 5.75 Å². The third-order valence-corrected chi connectivity index (χ3v) is 3.43. The van der Waals surface area contributed by atoms with Gasteiger partial charge in [0.05, 0.1) is 18.1 Å². The highest BCUT2D eigenvalue weighted by Gasteiger charge is 2.15. The Hall–Kier alpha value is -1.53. The van der Waals surface area contributed by atoms with E-state index in [4.69, 9.17) is 10.00 Å². The molecular weight excluding hydrogens is 260 g/mol. The summed E-state index contributed by atoms with van der Waals surface area (Å²) in [5, 5.41) is 12.4. The predicted octanol–water partition coefficient (Wildman–Crippen LogP) is 4.28. The summed E-state index contributed by atoms with van der Waals surface area (Å²) in [6, 6.07) is 11.0. The number of para-hydroxylation sites is 1. The molecule has 0 aromatic heterocycles. The molecule has 3 heteroatoms. The molecule has 0 spiro atoms. The van der Waals surface area contributed by atoms with Crippen LogP contribution in [-0.2, 0) is 6.54 Å². The van der Waals surface area contributed by atoms with E-state index in [0.29, 0.717) is 12.6 Å². The lowest BCUT2D eigenvalue weighted by atomic mass is 9.89. The summed E-state index contributed by atoms with van der Waals surface area (Å²) >= 11 is 0. The SMILES string of the molecule is CC(C)NCc1ccccc1OCCCCC(C)(C)C#N. The topological polar surface area (TPSA) is 45.0 Å². The Labute approximate surface area is 129 Å². The molecule has 0 aliphatic heterocycles. The second-order valence-corrected chi connectivity index (χ2v) is 6.44. The van der Waals surface area contributed by atoms with Crippen LogP contribution in [0, 0.1) is 16.7 Å². The van der Waals surface area contributed by atoms with E-state index >= 15 is 0 Å². The molecule has 1 N–H and O–H groups in total. The van der Waals surface area contributed by atoms with Gasteiger partial charge in [0.15, 0.2) is 0 Å². The molecule has 116 valence electrons. The molecule has 1 aromatic rings. The molecule has 0 saturated heterocycles. The van der Waals surface area contributed by atoms with E-state index in [2.05, 4.69) is 31.3 Å². The zero-order valence-corrected chi connectivity index (χ0v) is 13.8. The monoisotopic (exact) mass is 288 g/mol. The molecule has 21 heavy (non-hydrogen) atoms. The van der Waals surface area contributed by atoms with Gasteiger partial charge < -0.3 is 10.1 Å². The van der Waals surface area contributed by atoms with E-state index in [0.717, 1.165) is 31.6 Å². The number of hydrogen-bond acceptors (Lipinski definition) is 3. The fourth-order valence-electron chi connectivity index (χ4n) is 2.01. The maximum Gasteiger partial charge on any atom is 0.123 e. The van der Waals surface area contributed by atoms with Crippen molar-refractivity contribution >= 4 is 0 Å². The van der Waals surface area contributed by atoms with Crippen molar-refractivity contribution in [1.82, 2.24) is 5.32 Å². The fourth-order valence-corrected chi connectivity index (χ4v) is 2.01. The highest BCUT2D eigenvalue weighted by Crippen LogP contribution is 2.22. The van der Waals surface area contributed by atoms with E-state index in [1.165, 1.54) is 5.56 Å². The summed E-state index contributed by atoms with van der Waals surface area (Å²) in [6.45, 7) is 9.79. The second kappa shape index (κ2) is 8.69. The lowest BCUT2D eigenvalue weighted by molar-refractivity contribution is 0.291. The van der Waals surface area contributed by atoms with Crippen molar-refractivity contribution in [2.75, 3.05) is 6.61 Å². The first-order valence-electron chi connectivity index (χ1n) is 7.80. The molecule has 1 rings (SSSR count). The van der Waals surface area contributed by atoms with Gasteiger partial charge in [-0.2, -0.15) is 5.26 Å². The highest BCUT2D eigenvalue weighted by atomic mass is 16.5. The standard InChI is InChI=1S/C18H28N2O/c1-15(2)20-13-16-9-5-6-10-17(16)21-12-8-7-11-18(3,4)14-19/h5-6,9-10,15,20H,7-8,11-13H2,1-4H3. The number of ether oxygens (including phenoxy) is 1.